The van der Waals surface area contributed by atoms with E-state index < -0.39 is 0 Å². The average Bonchev–Trinajstić information content (AvgIpc) is 2.24. The molecule has 0 aliphatic heterocycles. The Kier molecular flexibility index (Phi) is 5.00. The molecule has 5 heteroatoms. The van der Waals surface area contributed by atoms with Gasteiger partial charge < -0.3 is 5.11 Å². The van der Waals surface area contributed by atoms with Crippen LogP contribution in [0.15, 0.2) is 29.2 Å². The van der Waals surface area contributed by atoms with Crippen LogP contribution in [0.5, 0.6) is 5.75 Å². The predicted molar refractivity (Wildman–Crippen MR) is 60.4 cm³/mol. The van der Waals surface area contributed by atoms with Crippen LogP contribution in [0, 0.1) is 0 Å². The highest BCUT2D eigenvalue weighted by Crippen LogP contribution is 2.22. The van der Waals surface area contributed by atoms with Gasteiger partial charge >= 0.3 is 0 Å². The highest BCUT2D eigenvalue weighted by Gasteiger charge is 1.99. The second-order valence-electron chi connectivity index (χ2n) is 3.02. The Labute approximate surface area is 92.8 Å². The molecule has 1 amide bonds. The number of amides is 1. The number of phenolic OH excluding ortho intramolecular Hbond substituents is 1. The van der Waals surface area contributed by atoms with Crippen LogP contribution in [0.2, 0.25) is 0 Å². The first-order chi connectivity index (χ1) is 7.22. The fourth-order valence-electron chi connectivity index (χ4n) is 1.07. The summed E-state index contributed by atoms with van der Waals surface area (Å²) in [6.45, 7) is 0. The van der Waals surface area contributed by atoms with Crippen LogP contribution in [0.3, 0.4) is 0 Å². The van der Waals surface area contributed by atoms with Crippen LogP contribution >= 0.6 is 11.8 Å². The Bertz CT molecular complexity index is 331. The number of hydrogen-bond acceptors (Lipinski definition) is 4. The summed E-state index contributed by atoms with van der Waals surface area (Å²) in [5.74, 6) is 5.89. The smallest absolute Gasteiger partial charge is 0.233 e. The molecule has 4 N–H and O–H groups in total. The molecule has 0 aromatic heterocycles. The standard InChI is InChI=1S/C10H14N2O2S/c11-12-10(14)5-2-6-15-9-4-1-3-8(13)7-9/h1,3-4,7,13H,2,5-6,11H2,(H,12,14). The van der Waals surface area contributed by atoms with E-state index >= 15 is 0 Å². The van der Waals surface area contributed by atoms with Crippen LogP contribution in [0.25, 0.3) is 0 Å². The zero-order valence-electron chi connectivity index (χ0n) is 8.27. The first-order valence-corrected chi connectivity index (χ1v) is 5.62. The molecule has 0 bridgehead atoms. The Morgan fingerprint density at radius 1 is 1.53 bits per heavy atom. The van der Waals surface area contributed by atoms with E-state index in [0.717, 1.165) is 17.1 Å². The first kappa shape index (κ1) is 11.9. The number of aromatic hydroxyl groups is 1. The van der Waals surface area contributed by atoms with Gasteiger partial charge in [-0.15, -0.1) is 11.8 Å². The summed E-state index contributed by atoms with van der Waals surface area (Å²) in [5, 5.41) is 9.20. The maximum atomic E-state index is 10.8. The minimum Gasteiger partial charge on any atom is -0.508 e. The lowest BCUT2D eigenvalue weighted by Crippen LogP contribution is -2.29. The molecule has 0 saturated carbocycles. The molecule has 1 rings (SSSR count). The zero-order valence-corrected chi connectivity index (χ0v) is 9.09. The molecule has 0 radical (unpaired) electrons. The Hall–Kier alpha value is -1.20. The van der Waals surface area contributed by atoms with Crippen molar-refractivity contribution in [3.05, 3.63) is 24.3 Å². The highest BCUT2D eigenvalue weighted by molar-refractivity contribution is 7.99. The fourth-order valence-corrected chi connectivity index (χ4v) is 1.97. The van der Waals surface area contributed by atoms with Gasteiger partial charge in [-0.2, -0.15) is 0 Å². The molecule has 0 fully saturated rings. The van der Waals surface area contributed by atoms with Gasteiger partial charge in [0, 0.05) is 11.3 Å². The van der Waals surface area contributed by atoms with E-state index in [4.69, 9.17) is 5.84 Å². The second kappa shape index (κ2) is 6.31. The van der Waals surface area contributed by atoms with E-state index in [1.165, 1.54) is 0 Å². The quantitative estimate of drug-likeness (QED) is 0.232. The third-order valence-corrected chi connectivity index (χ3v) is 2.88. The maximum absolute atomic E-state index is 10.8. The summed E-state index contributed by atoms with van der Waals surface area (Å²) < 4.78 is 0. The van der Waals surface area contributed by atoms with Crippen molar-refractivity contribution in [1.82, 2.24) is 5.43 Å². The molecule has 1 aromatic rings. The van der Waals surface area contributed by atoms with Gasteiger partial charge in [0.05, 0.1) is 0 Å². The zero-order chi connectivity index (χ0) is 11.1. The summed E-state index contributed by atoms with van der Waals surface area (Å²) in [7, 11) is 0. The Morgan fingerprint density at radius 3 is 3.00 bits per heavy atom. The van der Waals surface area contributed by atoms with Crippen LogP contribution in [-0.4, -0.2) is 16.8 Å². The van der Waals surface area contributed by atoms with Gasteiger partial charge in [-0.1, -0.05) is 6.07 Å². The molecule has 4 nitrogen and oxygen atoms in total. The number of carbonyl (C=O) groups is 1. The molecule has 15 heavy (non-hydrogen) atoms. The van der Waals surface area contributed by atoms with E-state index in [-0.39, 0.29) is 11.7 Å². The molecule has 0 saturated heterocycles. The van der Waals surface area contributed by atoms with Gasteiger partial charge in [0.2, 0.25) is 5.91 Å². The molecule has 0 heterocycles. The summed E-state index contributed by atoms with van der Waals surface area (Å²) in [6, 6.07) is 7.05. The van der Waals surface area contributed by atoms with E-state index in [1.807, 2.05) is 6.07 Å². The van der Waals surface area contributed by atoms with E-state index in [1.54, 1.807) is 30.0 Å². The van der Waals surface area contributed by atoms with Crippen molar-refractivity contribution in [1.29, 1.82) is 0 Å². The average molecular weight is 226 g/mol. The lowest BCUT2D eigenvalue weighted by molar-refractivity contribution is -0.121. The van der Waals surface area contributed by atoms with E-state index in [2.05, 4.69) is 5.43 Å². The Balaban J connectivity index is 2.23. The van der Waals surface area contributed by atoms with Gasteiger partial charge in [-0.05, 0) is 30.4 Å². The number of hydrogen-bond donors (Lipinski definition) is 3. The van der Waals surface area contributed by atoms with Gasteiger partial charge in [0.15, 0.2) is 0 Å². The number of nitrogens with two attached hydrogens (primary N) is 1. The molecule has 0 aliphatic rings. The summed E-state index contributed by atoms with van der Waals surface area (Å²) in [6.07, 6.45) is 1.20. The lowest BCUT2D eigenvalue weighted by atomic mass is 10.3. The molecule has 0 spiro atoms. The van der Waals surface area contributed by atoms with Crippen molar-refractivity contribution in [2.45, 2.75) is 17.7 Å². The molecule has 82 valence electrons. The normalized spacial score (nSPS) is 9.93. The number of nitrogens with one attached hydrogen (secondary N) is 1. The molecular formula is C10H14N2O2S. The number of rotatable bonds is 5. The third kappa shape index (κ3) is 4.71. The second-order valence-corrected chi connectivity index (χ2v) is 4.19. The van der Waals surface area contributed by atoms with Gasteiger partial charge in [-0.25, -0.2) is 5.84 Å². The number of thioether (sulfide) groups is 1. The maximum Gasteiger partial charge on any atom is 0.233 e. The number of phenols is 1. The van der Waals surface area contributed by atoms with E-state index in [0.29, 0.717) is 6.42 Å². The van der Waals surface area contributed by atoms with Crippen LogP contribution < -0.4 is 11.3 Å². The van der Waals surface area contributed by atoms with Gasteiger partial charge in [0.1, 0.15) is 5.75 Å². The van der Waals surface area contributed by atoms with E-state index in [9.17, 15) is 9.90 Å². The van der Waals surface area contributed by atoms with Crippen molar-refractivity contribution < 1.29 is 9.90 Å². The SMILES string of the molecule is NNC(=O)CCCSc1cccc(O)c1. The largest absolute Gasteiger partial charge is 0.508 e. The summed E-state index contributed by atoms with van der Waals surface area (Å²) in [5.41, 5.74) is 2.08. The minimum atomic E-state index is -0.147. The predicted octanol–water partition coefficient (Wildman–Crippen LogP) is 1.25. The summed E-state index contributed by atoms with van der Waals surface area (Å²) >= 11 is 1.61. The van der Waals surface area contributed by atoms with Crippen molar-refractivity contribution in [2.24, 2.45) is 5.84 Å². The number of hydrazine groups is 1. The van der Waals surface area contributed by atoms with Crippen molar-refractivity contribution in [2.75, 3.05) is 5.75 Å². The molecule has 1 aromatic carbocycles. The van der Waals surface area contributed by atoms with Crippen LogP contribution in [0.4, 0.5) is 0 Å². The number of benzene rings is 1. The van der Waals surface area contributed by atoms with Crippen LogP contribution in [-0.2, 0) is 4.79 Å². The van der Waals surface area contributed by atoms with Gasteiger partial charge in [-0.3, -0.25) is 10.2 Å². The highest BCUT2D eigenvalue weighted by atomic mass is 32.2. The van der Waals surface area contributed by atoms with Crippen molar-refractivity contribution >= 4 is 17.7 Å². The van der Waals surface area contributed by atoms with Gasteiger partial charge in [0.25, 0.3) is 0 Å². The first-order valence-electron chi connectivity index (χ1n) is 4.63. The van der Waals surface area contributed by atoms with Crippen LogP contribution in [0.1, 0.15) is 12.8 Å². The minimum absolute atomic E-state index is 0.147. The molecular weight excluding hydrogens is 212 g/mol. The Morgan fingerprint density at radius 2 is 2.33 bits per heavy atom. The van der Waals surface area contributed by atoms with Crippen molar-refractivity contribution in [3.63, 3.8) is 0 Å². The molecule has 0 aliphatic carbocycles. The lowest BCUT2D eigenvalue weighted by Gasteiger charge is -2.01. The molecule has 0 atom stereocenters. The monoisotopic (exact) mass is 226 g/mol. The number of carbonyl (C=O) groups excluding carboxylic acids is 1. The van der Waals surface area contributed by atoms with Crippen molar-refractivity contribution in [3.8, 4) is 5.75 Å². The third-order valence-electron chi connectivity index (χ3n) is 1.80. The molecule has 0 unspecified atom stereocenters. The summed E-state index contributed by atoms with van der Waals surface area (Å²) in [4.78, 5) is 11.8. The topological polar surface area (TPSA) is 75.3 Å². The fraction of sp³-hybridized carbons (Fsp3) is 0.300.